The number of aliphatic hydroxyl groups excluding tert-OH is 6. The minimum absolute atomic E-state index is 0.340. The molecular formula is C11H20O10. The fourth-order valence-electron chi connectivity index (χ4n) is 2.19. The van der Waals surface area contributed by atoms with Crippen molar-refractivity contribution in [3.05, 3.63) is 0 Å². The first kappa shape index (κ1) is 17.0. The normalized spacial score (nSPS) is 51.3. The van der Waals surface area contributed by atoms with E-state index in [-0.39, 0.29) is 13.2 Å². The molecule has 2 rings (SSSR count). The Morgan fingerprint density at radius 1 is 1.05 bits per heavy atom. The monoisotopic (exact) mass is 312 g/mol. The molecule has 0 spiro atoms. The fraction of sp³-hybridized carbons (Fsp3) is 1.00. The minimum atomic E-state index is -1.84. The first-order chi connectivity index (χ1) is 9.80. The predicted molar refractivity (Wildman–Crippen MR) is 62.6 cm³/mol. The van der Waals surface area contributed by atoms with Crippen LogP contribution >= 0.6 is 0 Å². The van der Waals surface area contributed by atoms with Gasteiger partial charge in [0.2, 0.25) is 0 Å². The van der Waals surface area contributed by atoms with Crippen LogP contribution in [0.1, 0.15) is 0 Å². The molecular weight excluding hydrogens is 292 g/mol. The van der Waals surface area contributed by atoms with Crippen molar-refractivity contribution in [3.8, 4) is 0 Å². The molecule has 7 N–H and O–H groups in total. The third-order valence-electron chi connectivity index (χ3n) is 3.69. The van der Waals surface area contributed by atoms with E-state index in [0.717, 1.165) is 0 Å². The molecule has 0 aromatic heterocycles. The third-order valence-corrected chi connectivity index (χ3v) is 3.69. The van der Waals surface area contributed by atoms with Crippen molar-refractivity contribution < 1.29 is 50.0 Å². The van der Waals surface area contributed by atoms with Crippen LogP contribution in [0.25, 0.3) is 0 Å². The smallest absolute Gasteiger partial charge is 0.186 e. The minimum Gasteiger partial charge on any atom is -0.393 e. The SMILES string of the molecule is OCC1(O)COC(OCC2OC(O)C(O)C(O)C2O)C1O. The maximum absolute atomic E-state index is 9.75. The summed E-state index contributed by atoms with van der Waals surface area (Å²) in [5.74, 6) is 0. The van der Waals surface area contributed by atoms with Crippen molar-refractivity contribution in [2.75, 3.05) is 19.8 Å². The molecule has 2 heterocycles. The number of aliphatic hydroxyl groups is 7. The van der Waals surface area contributed by atoms with Crippen LogP contribution in [0.3, 0.4) is 0 Å². The van der Waals surface area contributed by atoms with Gasteiger partial charge in [-0.1, -0.05) is 0 Å². The zero-order valence-corrected chi connectivity index (χ0v) is 11.0. The highest BCUT2D eigenvalue weighted by Crippen LogP contribution is 2.26. The number of rotatable bonds is 4. The highest BCUT2D eigenvalue weighted by atomic mass is 16.7. The number of ether oxygens (including phenoxy) is 3. The maximum atomic E-state index is 9.75. The molecule has 8 atom stereocenters. The van der Waals surface area contributed by atoms with E-state index in [9.17, 15) is 30.6 Å². The van der Waals surface area contributed by atoms with Gasteiger partial charge in [0.05, 0.1) is 19.8 Å². The van der Waals surface area contributed by atoms with Crippen LogP contribution in [0.2, 0.25) is 0 Å². The molecule has 0 aromatic rings. The van der Waals surface area contributed by atoms with Crippen LogP contribution in [0, 0.1) is 0 Å². The molecule has 2 saturated heterocycles. The quantitative estimate of drug-likeness (QED) is 0.267. The summed E-state index contributed by atoms with van der Waals surface area (Å²) in [4.78, 5) is 0. The van der Waals surface area contributed by atoms with Gasteiger partial charge in [0, 0.05) is 0 Å². The summed E-state index contributed by atoms with van der Waals surface area (Å²) in [6.45, 7) is -1.45. The molecule has 0 aromatic carbocycles. The summed E-state index contributed by atoms with van der Waals surface area (Å²) in [6, 6.07) is 0. The van der Waals surface area contributed by atoms with E-state index in [1.54, 1.807) is 0 Å². The Hall–Kier alpha value is -0.400. The van der Waals surface area contributed by atoms with Crippen LogP contribution in [-0.4, -0.2) is 104 Å². The molecule has 0 amide bonds. The highest BCUT2D eigenvalue weighted by molar-refractivity contribution is 4.94. The fourth-order valence-corrected chi connectivity index (χ4v) is 2.19. The molecule has 0 aliphatic carbocycles. The van der Waals surface area contributed by atoms with Crippen LogP contribution in [-0.2, 0) is 14.2 Å². The van der Waals surface area contributed by atoms with Crippen LogP contribution in [0.5, 0.6) is 0 Å². The van der Waals surface area contributed by atoms with Crippen molar-refractivity contribution in [3.63, 3.8) is 0 Å². The Bertz CT molecular complexity index is 354. The molecule has 0 saturated carbocycles. The summed E-state index contributed by atoms with van der Waals surface area (Å²) in [6.07, 6.45) is -10.4. The first-order valence-corrected chi connectivity index (χ1v) is 6.42. The summed E-state index contributed by atoms with van der Waals surface area (Å²) in [7, 11) is 0. The summed E-state index contributed by atoms with van der Waals surface area (Å²) >= 11 is 0. The average Bonchev–Trinajstić information content (AvgIpc) is 2.76. The standard InChI is InChI=1S/C11H20O10/c12-2-11(18)3-20-10(8(11)16)19-1-4-5(13)6(14)7(15)9(17)21-4/h4-10,12-18H,1-3H2. The Kier molecular flexibility index (Phi) is 5.15. The zero-order valence-electron chi connectivity index (χ0n) is 11.0. The average molecular weight is 312 g/mol. The van der Waals surface area contributed by atoms with Gasteiger partial charge in [-0.25, -0.2) is 0 Å². The second-order valence-corrected chi connectivity index (χ2v) is 5.26. The zero-order chi connectivity index (χ0) is 15.8. The third kappa shape index (κ3) is 3.19. The first-order valence-electron chi connectivity index (χ1n) is 6.42. The molecule has 10 heteroatoms. The molecule has 21 heavy (non-hydrogen) atoms. The molecule has 2 aliphatic heterocycles. The van der Waals surface area contributed by atoms with E-state index in [4.69, 9.17) is 19.3 Å². The molecule has 2 aliphatic rings. The van der Waals surface area contributed by atoms with E-state index < -0.39 is 55.3 Å². The lowest BCUT2D eigenvalue weighted by molar-refractivity contribution is -0.297. The summed E-state index contributed by atoms with van der Waals surface area (Å²) in [5.41, 5.74) is -1.84. The molecule has 0 radical (unpaired) electrons. The molecule has 10 nitrogen and oxygen atoms in total. The lowest BCUT2D eigenvalue weighted by Crippen LogP contribution is -2.59. The van der Waals surface area contributed by atoms with Crippen molar-refractivity contribution in [2.24, 2.45) is 0 Å². The Morgan fingerprint density at radius 3 is 2.29 bits per heavy atom. The van der Waals surface area contributed by atoms with Gasteiger partial charge in [0.15, 0.2) is 12.6 Å². The van der Waals surface area contributed by atoms with Gasteiger partial charge < -0.3 is 50.0 Å². The van der Waals surface area contributed by atoms with E-state index in [0.29, 0.717) is 0 Å². The molecule has 2 fully saturated rings. The Balaban J connectivity index is 1.89. The Labute approximate surface area is 119 Å². The van der Waals surface area contributed by atoms with Crippen molar-refractivity contribution >= 4 is 0 Å². The van der Waals surface area contributed by atoms with Crippen molar-refractivity contribution in [2.45, 2.75) is 48.7 Å². The van der Waals surface area contributed by atoms with E-state index in [2.05, 4.69) is 0 Å². The van der Waals surface area contributed by atoms with Crippen LogP contribution in [0.15, 0.2) is 0 Å². The van der Waals surface area contributed by atoms with E-state index in [1.165, 1.54) is 0 Å². The number of hydrogen-bond donors (Lipinski definition) is 7. The van der Waals surface area contributed by atoms with Crippen LogP contribution in [0.4, 0.5) is 0 Å². The van der Waals surface area contributed by atoms with Gasteiger partial charge in [0.1, 0.15) is 36.1 Å². The van der Waals surface area contributed by atoms with E-state index in [1.807, 2.05) is 0 Å². The summed E-state index contributed by atoms with van der Waals surface area (Å²) < 4.78 is 15.0. The van der Waals surface area contributed by atoms with Gasteiger partial charge in [-0.3, -0.25) is 0 Å². The Morgan fingerprint density at radius 2 is 1.71 bits per heavy atom. The largest absolute Gasteiger partial charge is 0.393 e. The van der Waals surface area contributed by atoms with Gasteiger partial charge in [-0.05, 0) is 0 Å². The van der Waals surface area contributed by atoms with Crippen molar-refractivity contribution in [1.82, 2.24) is 0 Å². The maximum Gasteiger partial charge on any atom is 0.186 e. The van der Waals surface area contributed by atoms with E-state index >= 15 is 0 Å². The highest BCUT2D eigenvalue weighted by Gasteiger charge is 2.49. The second-order valence-electron chi connectivity index (χ2n) is 5.26. The van der Waals surface area contributed by atoms with Gasteiger partial charge in [-0.15, -0.1) is 0 Å². The lowest BCUT2D eigenvalue weighted by atomic mass is 9.99. The molecule has 0 bridgehead atoms. The molecule has 8 unspecified atom stereocenters. The predicted octanol–water partition coefficient (Wildman–Crippen LogP) is -4.76. The summed E-state index contributed by atoms with van der Waals surface area (Å²) in [5, 5.41) is 66.3. The second kappa shape index (κ2) is 6.38. The van der Waals surface area contributed by atoms with Gasteiger partial charge >= 0.3 is 0 Å². The lowest BCUT2D eigenvalue weighted by Gasteiger charge is -2.38. The van der Waals surface area contributed by atoms with Crippen LogP contribution < -0.4 is 0 Å². The number of hydrogen-bond acceptors (Lipinski definition) is 10. The van der Waals surface area contributed by atoms with Gasteiger partial charge in [0.25, 0.3) is 0 Å². The molecule has 124 valence electrons. The topological polar surface area (TPSA) is 169 Å². The van der Waals surface area contributed by atoms with Crippen molar-refractivity contribution in [1.29, 1.82) is 0 Å². The van der Waals surface area contributed by atoms with Gasteiger partial charge in [-0.2, -0.15) is 0 Å².